The third-order valence-corrected chi connectivity index (χ3v) is 5.10. The normalized spacial score (nSPS) is 10.9. The van der Waals surface area contributed by atoms with Crippen LogP contribution in [0.25, 0.3) is 0 Å². The summed E-state index contributed by atoms with van der Waals surface area (Å²) in [7, 11) is 1.83. The quantitative estimate of drug-likeness (QED) is 0.754. The highest BCUT2D eigenvalue weighted by Crippen LogP contribution is 2.19. The molecule has 24 heavy (non-hydrogen) atoms. The van der Waals surface area contributed by atoms with Crippen molar-refractivity contribution < 1.29 is 4.79 Å². The first-order valence-electron chi connectivity index (χ1n) is 8.51. The summed E-state index contributed by atoms with van der Waals surface area (Å²) in [6.07, 6.45) is 0.938. The lowest BCUT2D eigenvalue weighted by molar-refractivity contribution is 0.0783. The molecule has 0 spiro atoms. The topological polar surface area (TPSA) is 36.4 Å². The maximum atomic E-state index is 12.6. The lowest BCUT2D eigenvalue weighted by Crippen LogP contribution is -2.30. The van der Waals surface area contributed by atoms with Gasteiger partial charge in [0.2, 0.25) is 0 Å². The second-order valence-electron chi connectivity index (χ2n) is 6.17. The summed E-state index contributed by atoms with van der Waals surface area (Å²) in [5.41, 5.74) is 2.83. The Kier molecular flexibility index (Phi) is 6.37. The van der Waals surface area contributed by atoms with Gasteiger partial charge in [0.15, 0.2) is 0 Å². The van der Waals surface area contributed by atoms with E-state index in [-0.39, 0.29) is 5.91 Å². The molecule has 0 N–H and O–H groups in total. The zero-order valence-corrected chi connectivity index (χ0v) is 16.1. The summed E-state index contributed by atoms with van der Waals surface area (Å²) in [5.74, 6) is 0.0280. The summed E-state index contributed by atoms with van der Waals surface area (Å²) in [5, 5.41) is 3.15. The van der Waals surface area contributed by atoms with Gasteiger partial charge in [0.1, 0.15) is 0 Å². The number of hydrogen-bond donors (Lipinski definition) is 0. The Morgan fingerprint density at radius 1 is 1.21 bits per heavy atom. The molecule has 130 valence electrons. The summed E-state index contributed by atoms with van der Waals surface area (Å²) in [6, 6.07) is 8.33. The van der Waals surface area contributed by atoms with Crippen LogP contribution in [0.1, 0.15) is 48.8 Å². The Morgan fingerprint density at radius 2 is 1.88 bits per heavy atom. The second-order valence-corrected chi connectivity index (χ2v) is 7.12. The van der Waals surface area contributed by atoms with Crippen molar-refractivity contribution in [2.45, 2.75) is 46.7 Å². The van der Waals surface area contributed by atoms with E-state index in [1.807, 2.05) is 36.7 Å². The van der Waals surface area contributed by atoms with E-state index in [2.05, 4.69) is 37.6 Å². The molecule has 1 heterocycles. The van der Waals surface area contributed by atoms with Crippen LogP contribution in [0.2, 0.25) is 0 Å². The average Bonchev–Trinajstić information content (AvgIpc) is 3.02. The predicted octanol–water partition coefficient (Wildman–Crippen LogP) is 4.21. The molecule has 0 atom stereocenters. The highest BCUT2D eigenvalue weighted by Gasteiger charge is 2.15. The third kappa shape index (κ3) is 4.35. The number of nitrogens with zero attached hydrogens (tertiary/aromatic N) is 3. The fraction of sp³-hybridized carbons (Fsp3) is 0.474. The fourth-order valence-corrected chi connectivity index (χ4v) is 3.50. The minimum Gasteiger partial charge on any atom is -0.369 e. The zero-order valence-electron chi connectivity index (χ0n) is 15.2. The van der Waals surface area contributed by atoms with E-state index in [0.717, 1.165) is 29.4 Å². The van der Waals surface area contributed by atoms with E-state index >= 15 is 0 Å². The highest BCUT2D eigenvalue weighted by atomic mass is 32.1. The number of anilines is 1. The zero-order chi connectivity index (χ0) is 17.7. The van der Waals surface area contributed by atoms with E-state index in [0.29, 0.717) is 18.2 Å². The minimum absolute atomic E-state index is 0.0280. The molecule has 0 saturated heterocycles. The summed E-state index contributed by atoms with van der Waals surface area (Å²) >= 11 is 1.65. The molecule has 0 aliphatic carbocycles. The number of carbonyl (C=O) groups excluding carboxylic acids is 1. The van der Waals surface area contributed by atoms with Gasteiger partial charge in [-0.3, -0.25) is 4.79 Å². The molecule has 1 amide bonds. The molecule has 0 bridgehead atoms. The van der Waals surface area contributed by atoms with Crippen molar-refractivity contribution >= 4 is 22.9 Å². The van der Waals surface area contributed by atoms with E-state index in [9.17, 15) is 4.79 Å². The summed E-state index contributed by atoms with van der Waals surface area (Å²) in [4.78, 5) is 21.2. The van der Waals surface area contributed by atoms with E-state index in [1.54, 1.807) is 16.2 Å². The van der Waals surface area contributed by atoms with Gasteiger partial charge in [0.05, 0.1) is 17.2 Å². The van der Waals surface area contributed by atoms with Crippen LogP contribution in [0.15, 0.2) is 29.6 Å². The molecule has 0 unspecified atom stereocenters. The largest absolute Gasteiger partial charge is 0.369 e. The molecule has 0 saturated carbocycles. The maximum Gasteiger partial charge on any atom is 0.253 e. The van der Waals surface area contributed by atoms with Crippen LogP contribution in [-0.4, -0.2) is 35.4 Å². The molecule has 5 heteroatoms. The number of amides is 1. The molecule has 2 aromatic rings. The van der Waals surface area contributed by atoms with Gasteiger partial charge in [0, 0.05) is 36.3 Å². The van der Waals surface area contributed by atoms with E-state index < -0.39 is 0 Å². The van der Waals surface area contributed by atoms with Crippen molar-refractivity contribution in [3.8, 4) is 0 Å². The Morgan fingerprint density at radius 3 is 2.38 bits per heavy atom. The molecule has 0 aliphatic heterocycles. The number of carbonyl (C=O) groups is 1. The van der Waals surface area contributed by atoms with Crippen molar-refractivity contribution in [2.24, 2.45) is 0 Å². The van der Waals surface area contributed by atoms with Crippen molar-refractivity contribution in [3.63, 3.8) is 0 Å². The highest BCUT2D eigenvalue weighted by molar-refractivity contribution is 7.09. The average molecular weight is 346 g/mol. The molecule has 2 rings (SSSR count). The van der Waals surface area contributed by atoms with Crippen LogP contribution in [0.4, 0.5) is 5.69 Å². The number of benzene rings is 1. The monoisotopic (exact) mass is 345 g/mol. The lowest BCUT2D eigenvalue weighted by Gasteiger charge is -2.27. The van der Waals surface area contributed by atoms with Crippen LogP contribution >= 0.6 is 11.3 Å². The van der Waals surface area contributed by atoms with Crippen LogP contribution in [0, 0.1) is 0 Å². The number of hydrogen-bond acceptors (Lipinski definition) is 4. The van der Waals surface area contributed by atoms with Crippen molar-refractivity contribution in [2.75, 3.05) is 18.5 Å². The Labute approximate surface area is 149 Å². The van der Waals surface area contributed by atoms with Crippen molar-refractivity contribution in [1.29, 1.82) is 0 Å². The van der Waals surface area contributed by atoms with E-state index in [4.69, 9.17) is 0 Å². The van der Waals surface area contributed by atoms with Gasteiger partial charge < -0.3 is 9.80 Å². The smallest absolute Gasteiger partial charge is 0.253 e. The van der Waals surface area contributed by atoms with Gasteiger partial charge in [-0.1, -0.05) is 6.92 Å². The van der Waals surface area contributed by atoms with Gasteiger partial charge in [-0.2, -0.15) is 0 Å². The molecule has 0 radical (unpaired) electrons. The van der Waals surface area contributed by atoms with Gasteiger partial charge in [-0.25, -0.2) is 4.98 Å². The standard InChI is InChI=1S/C19H27N3OS/c1-6-18-20-16(13-24-18)12-21(5)19(23)15-8-10-17(11-9-15)22(7-2)14(3)4/h8-11,13-14H,6-7,12H2,1-5H3. The molecular formula is C19H27N3OS. The van der Waals surface area contributed by atoms with Gasteiger partial charge in [-0.05, 0) is 51.5 Å². The van der Waals surface area contributed by atoms with Crippen LogP contribution in [0.5, 0.6) is 0 Å². The molecular weight excluding hydrogens is 318 g/mol. The van der Waals surface area contributed by atoms with Gasteiger partial charge in [0.25, 0.3) is 5.91 Å². The van der Waals surface area contributed by atoms with Crippen LogP contribution in [0.3, 0.4) is 0 Å². The van der Waals surface area contributed by atoms with Crippen LogP contribution < -0.4 is 4.90 Å². The Hall–Kier alpha value is -1.88. The summed E-state index contributed by atoms with van der Waals surface area (Å²) < 4.78 is 0. The van der Waals surface area contributed by atoms with Gasteiger partial charge in [-0.15, -0.1) is 11.3 Å². The first-order valence-corrected chi connectivity index (χ1v) is 9.39. The molecule has 1 aromatic heterocycles. The third-order valence-electron chi connectivity index (χ3n) is 4.06. The number of thiazole rings is 1. The first kappa shape index (κ1) is 18.5. The maximum absolute atomic E-state index is 12.6. The minimum atomic E-state index is 0.0280. The first-order chi connectivity index (χ1) is 11.5. The fourth-order valence-electron chi connectivity index (χ4n) is 2.76. The van der Waals surface area contributed by atoms with E-state index in [1.165, 1.54) is 0 Å². The number of aryl methyl sites for hydroxylation is 1. The predicted molar refractivity (Wildman–Crippen MR) is 102 cm³/mol. The molecule has 0 fully saturated rings. The molecule has 0 aliphatic rings. The van der Waals surface area contributed by atoms with Crippen molar-refractivity contribution in [1.82, 2.24) is 9.88 Å². The van der Waals surface area contributed by atoms with Crippen LogP contribution in [-0.2, 0) is 13.0 Å². The van der Waals surface area contributed by atoms with Gasteiger partial charge >= 0.3 is 0 Å². The Bertz CT molecular complexity index is 664. The summed E-state index contributed by atoms with van der Waals surface area (Å²) in [6.45, 7) is 10.1. The lowest BCUT2D eigenvalue weighted by atomic mass is 10.1. The number of rotatable bonds is 7. The van der Waals surface area contributed by atoms with Crippen molar-refractivity contribution in [3.05, 3.63) is 45.9 Å². The molecule has 4 nitrogen and oxygen atoms in total. The molecule has 1 aromatic carbocycles. The SMILES string of the molecule is CCc1nc(CN(C)C(=O)c2ccc(N(CC)C(C)C)cc2)cs1. The second kappa shape index (κ2) is 8.29. The number of aromatic nitrogens is 1. The Balaban J connectivity index is 2.05.